The molecule has 0 aliphatic carbocycles. The third kappa shape index (κ3) is 3.16. The lowest BCUT2D eigenvalue weighted by Gasteiger charge is -2.09. The standard InChI is InChI=1S/C21H23NO3/c1-5-15-12-18-17(21(24)25-13(2)3)10-11-22(18)19(15)20(23)16-8-6-14(4)7-9-16/h6-10,12-13H,5,11H2,1-4H3. The number of carbonyl (C=O) groups excluding carboxylic acids is 2. The molecule has 1 aromatic heterocycles. The Morgan fingerprint density at radius 3 is 2.48 bits per heavy atom. The summed E-state index contributed by atoms with van der Waals surface area (Å²) in [5.74, 6) is -0.335. The number of nitrogens with zero attached hydrogens (tertiary/aromatic N) is 1. The molecule has 1 aromatic carbocycles. The molecule has 0 bridgehead atoms. The number of carbonyl (C=O) groups is 2. The quantitative estimate of drug-likeness (QED) is 0.613. The normalized spacial score (nSPS) is 12.9. The maximum atomic E-state index is 13.1. The fourth-order valence-corrected chi connectivity index (χ4v) is 3.15. The maximum absolute atomic E-state index is 13.1. The molecule has 0 saturated carbocycles. The van der Waals surface area contributed by atoms with E-state index in [1.807, 2.05) is 68.7 Å². The lowest BCUT2D eigenvalue weighted by Crippen LogP contribution is -2.13. The van der Waals surface area contributed by atoms with Gasteiger partial charge in [0.15, 0.2) is 0 Å². The molecule has 130 valence electrons. The van der Waals surface area contributed by atoms with E-state index in [2.05, 4.69) is 0 Å². The van der Waals surface area contributed by atoms with Crippen LogP contribution in [0.5, 0.6) is 0 Å². The van der Waals surface area contributed by atoms with Crippen LogP contribution in [0.1, 0.15) is 53.6 Å². The first kappa shape index (κ1) is 17.2. The first-order valence-corrected chi connectivity index (χ1v) is 8.67. The molecule has 0 fully saturated rings. The Morgan fingerprint density at radius 2 is 1.88 bits per heavy atom. The molecule has 4 nitrogen and oxygen atoms in total. The van der Waals surface area contributed by atoms with Crippen molar-refractivity contribution in [1.29, 1.82) is 0 Å². The molecule has 1 aliphatic rings. The second kappa shape index (κ2) is 6.71. The fourth-order valence-electron chi connectivity index (χ4n) is 3.15. The average Bonchev–Trinajstić information content (AvgIpc) is 3.12. The van der Waals surface area contributed by atoms with E-state index >= 15 is 0 Å². The topological polar surface area (TPSA) is 48.3 Å². The summed E-state index contributed by atoms with van der Waals surface area (Å²) < 4.78 is 7.26. The van der Waals surface area contributed by atoms with Crippen LogP contribution in [-0.4, -0.2) is 22.4 Å². The lowest BCUT2D eigenvalue weighted by atomic mass is 10.0. The number of ketones is 1. The van der Waals surface area contributed by atoms with Crippen LogP contribution in [0.25, 0.3) is 5.57 Å². The fraction of sp³-hybridized carbons (Fsp3) is 0.333. The van der Waals surface area contributed by atoms with E-state index in [4.69, 9.17) is 4.74 Å². The monoisotopic (exact) mass is 337 g/mol. The van der Waals surface area contributed by atoms with Gasteiger partial charge in [0, 0.05) is 12.1 Å². The van der Waals surface area contributed by atoms with Gasteiger partial charge in [-0.15, -0.1) is 0 Å². The molecule has 1 aliphatic heterocycles. The van der Waals surface area contributed by atoms with Gasteiger partial charge < -0.3 is 9.30 Å². The second-order valence-corrected chi connectivity index (χ2v) is 6.63. The Hall–Kier alpha value is -2.62. The number of ether oxygens (including phenoxy) is 1. The van der Waals surface area contributed by atoms with Gasteiger partial charge >= 0.3 is 5.97 Å². The summed E-state index contributed by atoms with van der Waals surface area (Å²) in [6.07, 6.45) is 2.40. The highest BCUT2D eigenvalue weighted by Crippen LogP contribution is 2.31. The number of esters is 1. The minimum atomic E-state index is -0.330. The van der Waals surface area contributed by atoms with Crippen molar-refractivity contribution < 1.29 is 14.3 Å². The molecule has 2 aromatic rings. The number of rotatable bonds is 5. The van der Waals surface area contributed by atoms with Crippen LogP contribution in [0.3, 0.4) is 0 Å². The highest BCUT2D eigenvalue weighted by Gasteiger charge is 2.29. The predicted molar refractivity (Wildman–Crippen MR) is 97.6 cm³/mol. The zero-order valence-electron chi connectivity index (χ0n) is 15.1. The molecule has 3 rings (SSSR count). The van der Waals surface area contributed by atoms with Crippen LogP contribution in [-0.2, 0) is 22.5 Å². The molecular weight excluding hydrogens is 314 g/mol. The van der Waals surface area contributed by atoms with E-state index in [0.29, 0.717) is 23.4 Å². The van der Waals surface area contributed by atoms with Gasteiger partial charge in [0.1, 0.15) is 0 Å². The first-order valence-electron chi connectivity index (χ1n) is 8.67. The Kier molecular flexibility index (Phi) is 4.62. The number of benzene rings is 1. The lowest BCUT2D eigenvalue weighted by molar-refractivity contribution is -0.140. The smallest absolute Gasteiger partial charge is 0.340 e. The molecule has 0 amide bonds. The van der Waals surface area contributed by atoms with Gasteiger partial charge in [-0.25, -0.2) is 4.79 Å². The van der Waals surface area contributed by atoms with Gasteiger partial charge in [-0.05, 0) is 44.9 Å². The van der Waals surface area contributed by atoms with Crippen molar-refractivity contribution in [3.05, 3.63) is 64.5 Å². The van der Waals surface area contributed by atoms with E-state index < -0.39 is 0 Å². The summed E-state index contributed by atoms with van der Waals surface area (Å²) in [7, 11) is 0. The van der Waals surface area contributed by atoms with Crippen LogP contribution in [0.4, 0.5) is 0 Å². The number of fused-ring (bicyclic) bond motifs is 1. The van der Waals surface area contributed by atoms with E-state index in [9.17, 15) is 9.59 Å². The van der Waals surface area contributed by atoms with Crippen molar-refractivity contribution in [3.63, 3.8) is 0 Å². The molecule has 2 heterocycles. The van der Waals surface area contributed by atoms with Crippen molar-refractivity contribution in [2.24, 2.45) is 0 Å². The van der Waals surface area contributed by atoms with Crippen LogP contribution < -0.4 is 0 Å². The van der Waals surface area contributed by atoms with E-state index in [0.717, 1.165) is 23.2 Å². The molecule has 0 N–H and O–H groups in total. The Morgan fingerprint density at radius 1 is 1.20 bits per heavy atom. The molecule has 0 radical (unpaired) electrons. The van der Waals surface area contributed by atoms with Gasteiger partial charge in [0.2, 0.25) is 5.78 Å². The molecule has 0 spiro atoms. The number of hydrogen-bond acceptors (Lipinski definition) is 3. The maximum Gasteiger partial charge on any atom is 0.340 e. The largest absolute Gasteiger partial charge is 0.459 e. The van der Waals surface area contributed by atoms with Gasteiger partial charge in [0.25, 0.3) is 0 Å². The Labute approximate surface area is 148 Å². The van der Waals surface area contributed by atoms with Crippen LogP contribution in [0.2, 0.25) is 0 Å². The van der Waals surface area contributed by atoms with Gasteiger partial charge in [-0.2, -0.15) is 0 Å². The van der Waals surface area contributed by atoms with Crippen LogP contribution in [0.15, 0.2) is 36.4 Å². The molecule has 25 heavy (non-hydrogen) atoms. The minimum Gasteiger partial charge on any atom is -0.459 e. The summed E-state index contributed by atoms with van der Waals surface area (Å²) >= 11 is 0. The van der Waals surface area contributed by atoms with Gasteiger partial charge in [0.05, 0.1) is 23.1 Å². The van der Waals surface area contributed by atoms with Gasteiger partial charge in [-0.1, -0.05) is 36.8 Å². The highest BCUT2D eigenvalue weighted by molar-refractivity contribution is 6.18. The summed E-state index contributed by atoms with van der Waals surface area (Å²) in [4.78, 5) is 25.4. The zero-order chi connectivity index (χ0) is 18.1. The molecule has 0 saturated heterocycles. The second-order valence-electron chi connectivity index (χ2n) is 6.63. The van der Waals surface area contributed by atoms with Crippen LogP contribution >= 0.6 is 0 Å². The number of hydrogen-bond donors (Lipinski definition) is 0. The molecular formula is C21H23NO3. The molecule has 0 atom stereocenters. The van der Waals surface area contributed by atoms with E-state index in [-0.39, 0.29) is 17.9 Å². The molecule has 0 unspecified atom stereocenters. The number of aryl methyl sites for hydroxylation is 2. The van der Waals surface area contributed by atoms with E-state index in [1.165, 1.54) is 0 Å². The first-order chi connectivity index (χ1) is 11.9. The third-order valence-electron chi connectivity index (χ3n) is 4.40. The Bertz CT molecular complexity index is 854. The van der Waals surface area contributed by atoms with Gasteiger partial charge in [-0.3, -0.25) is 4.79 Å². The number of allylic oxidation sites excluding steroid dienone is 1. The summed E-state index contributed by atoms with van der Waals surface area (Å²) in [6, 6.07) is 9.54. The van der Waals surface area contributed by atoms with E-state index in [1.54, 1.807) is 0 Å². The summed E-state index contributed by atoms with van der Waals surface area (Å²) in [6.45, 7) is 8.20. The average molecular weight is 337 g/mol. The minimum absolute atomic E-state index is 0.00465. The Balaban J connectivity index is 1.99. The van der Waals surface area contributed by atoms with Crippen molar-refractivity contribution in [1.82, 2.24) is 4.57 Å². The summed E-state index contributed by atoms with van der Waals surface area (Å²) in [5, 5.41) is 0. The third-order valence-corrected chi connectivity index (χ3v) is 4.40. The van der Waals surface area contributed by atoms with Crippen molar-refractivity contribution >= 4 is 17.3 Å². The summed E-state index contributed by atoms with van der Waals surface area (Å²) in [5.41, 5.74) is 4.74. The SMILES string of the molecule is CCc1cc2n(c1C(=O)c1ccc(C)cc1)CC=C2C(=O)OC(C)C. The van der Waals surface area contributed by atoms with Crippen molar-refractivity contribution in [2.45, 2.75) is 46.8 Å². The highest BCUT2D eigenvalue weighted by atomic mass is 16.5. The zero-order valence-corrected chi connectivity index (χ0v) is 15.1. The predicted octanol–water partition coefficient (Wildman–Crippen LogP) is 3.94. The van der Waals surface area contributed by atoms with Crippen molar-refractivity contribution in [3.8, 4) is 0 Å². The molecule has 4 heteroatoms. The van der Waals surface area contributed by atoms with Crippen molar-refractivity contribution in [2.75, 3.05) is 0 Å². The number of aromatic nitrogens is 1. The van der Waals surface area contributed by atoms with Crippen LogP contribution in [0, 0.1) is 6.92 Å².